The van der Waals surface area contributed by atoms with Gasteiger partial charge in [0, 0.05) is 12.4 Å². The van der Waals surface area contributed by atoms with Gasteiger partial charge < -0.3 is 9.47 Å². The summed E-state index contributed by atoms with van der Waals surface area (Å²) in [4.78, 5) is 31.2. The van der Waals surface area contributed by atoms with Gasteiger partial charge in [-0.3, -0.25) is 9.97 Å². The van der Waals surface area contributed by atoms with E-state index in [1.165, 1.54) is 26.6 Å². The van der Waals surface area contributed by atoms with Crippen molar-refractivity contribution >= 4 is 11.9 Å². The SMILES string of the molecule is COC(=O)c1ccnc(-c2cc(C(=O)OC)ccn2)c1. The highest BCUT2D eigenvalue weighted by Crippen LogP contribution is 2.17. The topological polar surface area (TPSA) is 78.4 Å². The minimum Gasteiger partial charge on any atom is -0.465 e. The molecule has 2 heterocycles. The molecule has 0 aliphatic rings. The highest BCUT2D eigenvalue weighted by atomic mass is 16.5. The summed E-state index contributed by atoms with van der Waals surface area (Å²) in [6, 6.07) is 6.18. The second kappa shape index (κ2) is 5.92. The summed E-state index contributed by atoms with van der Waals surface area (Å²) in [5.74, 6) is -0.921. The number of esters is 2. The van der Waals surface area contributed by atoms with Crippen LogP contribution >= 0.6 is 0 Å². The molecule has 0 amide bonds. The summed E-state index contributed by atoms with van der Waals surface area (Å²) >= 11 is 0. The van der Waals surface area contributed by atoms with Gasteiger partial charge in [-0.15, -0.1) is 0 Å². The van der Waals surface area contributed by atoms with Crippen molar-refractivity contribution < 1.29 is 19.1 Å². The zero-order valence-corrected chi connectivity index (χ0v) is 11.0. The minimum absolute atomic E-state index is 0.364. The molecule has 0 aromatic carbocycles. The Kier molecular flexibility index (Phi) is 4.05. The molecule has 2 aromatic heterocycles. The molecule has 2 rings (SSSR count). The summed E-state index contributed by atoms with van der Waals surface area (Å²) in [6.45, 7) is 0. The zero-order valence-electron chi connectivity index (χ0n) is 11.0. The van der Waals surface area contributed by atoms with E-state index in [-0.39, 0.29) is 0 Å². The molecule has 0 saturated carbocycles. The van der Waals surface area contributed by atoms with Crippen molar-refractivity contribution in [2.75, 3.05) is 14.2 Å². The van der Waals surface area contributed by atoms with Gasteiger partial charge >= 0.3 is 11.9 Å². The maximum absolute atomic E-state index is 11.5. The Morgan fingerprint density at radius 1 is 0.850 bits per heavy atom. The predicted octanol–water partition coefficient (Wildman–Crippen LogP) is 1.72. The van der Waals surface area contributed by atoms with E-state index in [1.54, 1.807) is 24.3 Å². The first-order valence-corrected chi connectivity index (χ1v) is 5.75. The summed E-state index contributed by atoms with van der Waals surface area (Å²) in [5, 5.41) is 0. The molecule has 0 aliphatic heterocycles. The number of pyridine rings is 2. The van der Waals surface area contributed by atoms with Crippen LogP contribution in [0.5, 0.6) is 0 Å². The first-order chi connectivity index (χ1) is 9.65. The van der Waals surface area contributed by atoms with E-state index >= 15 is 0 Å². The van der Waals surface area contributed by atoms with E-state index in [0.717, 1.165) is 0 Å². The first kappa shape index (κ1) is 13.7. The quantitative estimate of drug-likeness (QED) is 0.791. The molecule has 0 unspecified atom stereocenters. The summed E-state index contributed by atoms with van der Waals surface area (Å²) in [5.41, 5.74) is 1.67. The molecule has 2 aromatic rings. The number of hydrogen-bond donors (Lipinski definition) is 0. The van der Waals surface area contributed by atoms with E-state index in [1.807, 2.05) is 0 Å². The summed E-state index contributed by atoms with van der Waals surface area (Å²) in [6.07, 6.45) is 2.96. The fourth-order valence-electron chi connectivity index (χ4n) is 1.63. The lowest BCUT2D eigenvalue weighted by molar-refractivity contribution is 0.0591. The van der Waals surface area contributed by atoms with E-state index < -0.39 is 11.9 Å². The maximum Gasteiger partial charge on any atom is 0.337 e. The number of methoxy groups -OCH3 is 2. The Bertz CT molecular complexity index is 598. The van der Waals surface area contributed by atoms with Crippen LogP contribution < -0.4 is 0 Å². The molecule has 0 bridgehead atoms. The largest absolute Gasteiger partial charge is 0.465 e. The molecular formula is C14H12N2O4. The third-order valence-electron chi connectivity index (χ3n) is 2.62. The van der Waals surface area contributed by atoms with Crippen molar-refractivity contribution in [3.8, 4) is 11.4 Å². The van der Waals surface area contributed by atoms with Crippen LogP contribution in [0.15, 0.2) is 36.7 Å². The van der Waals surface area contributed by atoms with Crippen LogP contribution in [-0.2, 0) is 9.47 Å². The number of carbonyl (C=O) groups is 2. The normalized spacial score (nSPS) is 9.90. The van der Waals surface area contributed by atoms with Gasteiger partial charge in [0.25, 0.3) is 0 Å². The van der Waals surface area contributed by atoms with Gasteiger partial charge in [-0.05, 0) is 24.3 Å². The zero-order chi connectivity index (χ0) is 14.5. The van der Waals surface area contributed by atoms with E-state index in [2.05, 4.69) is 19.4 Å². The summed E-state index contributed by atoms with van der Waals surface area (Å²) < 4.78 is 9.29. The minimum atomic E-state index is -0.460. The van der Waals surface area contributed by atoms with Crippen LogP contribution in [0.4, 0.5) is 0 Å². The van der Waals surface area contributed by atoms with Gasteiger partial charge in [0.2, 0.25) is 0 Å². The highest BCUT2D eigenvalue weighted by molar-refractivity contribution is 5.91. The van der Waals surface area contributed by atoms with Gasteiger partial charge in [0.15, 0.2) is 0 Å². The second-order valence-corrected chi connectivity index (χ2v) is 3.84. The third-order valence-corrected chi connectivity index (χ3v) is 2.62. The number of rotatable bonds is 3. The Labute approximate surface area is 115 Å². The van der Waals surface area contributed by atoms with Gasteiger partial charge in [-0.2, -0.15) is 0 Å². The molecule has 0 fully saturated rings. The molecule has 0 saturated heterocycles. The lowest BCUT2D eigenvalue weighted by Gasteiger charge is -2.04. The van der Waals surface area contributed by atoms with Crippen LogP contribution in [-0.4, -0.2) is 36.1 Å². The van der Waals surface area contributed by atoms with E-state index in [9.17, 15) is 9.59 Å². The molecule has 102 valence electrons. The van der Waals surface area contributed by atoms with Crippen molar-refractivity contribution in [1.29, 1.82) is 0 Å². The number of ether oxygens (including phenoxy) is 2. The van der Waals surface area contributed by atoms with E-state index in [4.69, 9.17) is 0 Å². The summed E-state index contributed by atoms with van der Waals surface area (Å²) in [7, 11) is 2.61. The van der Waals surface area contributed by atoms with Gasteiger partial charge in [0.05, 0.1) is 36.7 Å². The fraction of sp³-hybridized carbons (Fsp3) is 0.143. The van der Waals surface area contributed by atoms with E-state index in [0.29, 0.717) is 22.5 Å². The van der Waals surface area contributed by atoms with Crippen LogP contribution in [0.3, 0.4) is 0 Å². The van der Waals surface area contributed by atoms with Crippen molar-refractivity contribution in [3.63, 3.8) is 0 Å². The highest BCUT2D eigenvalue weighted by Gasteiger charge is 2.11. The van der Waals surface area contributed by atoms with Gasteiger partial charge in [-0.1, -0.05) is 0 Å². The molecule has 0 N–H and O–H groups in total. The third kappa shape index (κ3) is 2.80. The van der Waals surface area contributed by atoms with Crippen LogP contribution in [0.2, 0.25) is 0 Å². The molecular weight excluding hydrogens is 260 g/mol. The second-order valence-electron chi connectivity index (χ2n) is 3.84. The average molecular weight is 272 g/mol. The predicted molar refractivity (Wildman–Crippen MR) is 70.1 cm³/mol. The first-order valence-electron chi connectivity index (χ1n) is 5.75. The van der Waals surface area contributed by atoms with Crippen LogP contribution in [0.25, 0.3) is 11.4 Å². The van der Waals surface area contributed by atoms with Crippen molar-refractivity contribution in [1.82, 2.24) is 9.97 Å². The smallest absolute Gasteiger partial charge is 0.337 e. The van der Waals surface area contributed by atoms with Crippen LogP contribution in [0, 0.1) is 0 Å². The van der Waals surface area contributed by atoms with Crippen molar-refractivity contribution in [2.24, 2.45) is 0 Å². The standard InChI is InChI=1S/C14H12N2O4/c1-19-13(17)9-3-5-15-11(7-9)12-8-10(4-6-16-12)14(18)20-2/h3-8H,1-2H3. The fourth-order valence-corrected chi connectivity index (χ4v) is 1.63. The molecule has 0 spiro atoms. The van der Waals surface area contributed by atoms with Gasteiger partial charge in [0.1, 0.15) is 0 Å². The molecule has 6 heteroatoms. The molecule has 6 nitrogen and oxygen atoms in total. The monoisotopic (exact) mass is 272 g/mol. The molecule has 20 heavy (non-hydrogen) atoms. The van der Waals surface area contributed by atoms with Crippen LogP contribution in [0.1, 0.15) is 20.7 Å². The lowest BCUT2D eigenvalue weighted by Crippen LogP contribution is -2.03. The number of nitrogens with zero attached hydrogens (tertiary/aromatic N) is 2. The van der Waals surface area contributed by atoms with Crippen molar-refractivity contribution in [3.05, 3.63) is 47.8 Å². The number of aromatic nitrogens is 2. The van der Waals surface area contributed by atoms with Crippen molar-refractivity contribution in [2.45, 2.75) is 0 Å². The number of carbonyl (C=O) groups excluding carboxylic acids is 2. The molecule has 0 atom stereocenters. The molecule has 0 aliphatic carbocycles. The molecule has 0 radical (unpaired) electrons. The Morgan fingerprint density at radius 3 is 1.60 bits per heavy atom. The Hall–Kier alpha value is -2.76. The Balaban J connectivity index is 2.41. The maximum atomic E-state index is 11.5. The Morgan fingerprint density at radius 2 is 1.25 bits per heavy atom. The average Bonchev–Trinajstić information content (AvgIpc) is 2.53. The lowest BCUT2D eigenvalue weighted by atomic mass is 10.1. The number of hydrogen-bond acceptors (Lipinski definition) is 6. The van der Waals surface area contributed by atoms with Gasteiger partial charge in [-0.25, -0.2) is 9.59 Å².